The Hall–Kier alpha value is -3.02. The van der Waals surface area contributed by atoms with Crippen LogP contribution in [0.1, 0.15) is 17.4 Å². The molecule has 12 heteroatoms. The average Bonchev–Trinajstić information content (AvgIpc) is 3.33. The number of anilines is 1. The smallest absolute Gasteiger partial charge is 0.276 e. The van der Waals surface area contributed by atoms with Crippen molar-refractivity contribution >= 4 is 51.5 Å². The van der Waals surface area contributed by atoms with Crippen molar-refractivity contribution in [3.05, 3.63) is 47.0 Å². The van der Waals surface area contributed by atoms with Crippen LogP contribution in [0, 0.1) is 0 Å². The predicted octanol–water partition coefficient (Wildman–Crippen LogP) is 0.958. The van der Waals surface area contributed by atoms with Gasteiger partial charge < -0.3 is 15.5 Å². The van der Waals surface area contributed by atoms with Crippen LogP contribution in [0.25, 0.3) is 0 Å². The number of oxime groups is 1. The summed E-state index contributed by atoms with van der Waals surface area (Å²) in [5, 5.41) is 10.5. The molecule has 3 rings (SSSR count). The van der Waals surface area contributed by atoms with Gasteiger partial charge in [0, 0.05) is 5.38 Å². The van der Waals surface area contributed by atoms with Crippen molar-refractivity contribution in [3.63, 3.8) is 0 Å². The highest BCUT2D eigenvalue weighted by Crippen LogP contribution is 2.25. The van der Waals surface area contributed by atoms with Gasteiger partial charge in [0.2, 0.25) is 5.91 Å². The van der Waals surface area contributed by atoms with Crippen molar-refractivity contribution in [1.29, 1.82) is 0 Å². The minimum Gasteiger partial charge on any atom is -0.398 e. The summed E-state index contributed by atoms with van der Waals surface area (Å²) in [5.74, 6) is -1.87. The first-order valence-corrected chi connectivity index (χ1v) is 9.69. The number of aromatic nitrogens is 1. The molecule has 152 valence electrons. The van der Waals surface area contributed by atoms with Gasteiger partial charge in [-0.2, -0.15) is 0 Å². The molecule has 1 aromatic carbocycles. The third-order valence-electron chi connectivity index (χ3n) is 3.80. The van der Waals surface area contributed by atoms with Gasteiger partial charge in [-0.25, -0.2) is 10.5 Å². The van der Waals surface area contributed by atoms with Crippen LogP contribution in [-0.2, 0) is 24.1 Å². The zero-order valence-corrected chi connectivity index (χ0v) is 16.6. The Morgan fingerprint density at radius 3 is 2.83 bits per heavy atom. The van der Waals surface area contributed by atoms with Crippen molar-refractivity contribution in [2.75, 3.05) is 18.3 Å². The molecule has 0 radical (unpaired) electrons. The predicted molar refractivity (Wildman–Crippen MR) is 105 cm³/mol. The van der Waals surface area contributed by atoms with E-state index in [4.69, 9.17) is 21.3 Å². The van der Waals surface area contributed by atoms with Gasteiger partial charge in [-0.1, -0.05) is 35.5 Å². The zero-order chi connectivity index (χ0) is 20.8. The number of alkyl halides is 1. The quantitative estimate of drug-likeness (QED) is 0.336. The summed E-state index contributed by atoms with van der Waals surface area (Å²) in [4.78, 5) is 50.6. The highest BCUT2D eigenvalue weighted by Gasteiger charge is 2.39. The number of benzene rings is 1. The normalized spacial score (nSPS) is 18.8. The molecule has 2 heterocycles. The van der Waals surface area contributed by atoms with E-state index in [2.05, 4.69) is 26.3 Å². The van der Waals surface area contributed by atoms with Gasteiger partial charge in [0.15, 0.2) is 10.8 Å². The lowest BCUT2D eigenvalue weighted by atomic mass is 10.0. The second kappa shape index (κ2) is 9.45. The summed E-state index contributed by atoms with van der Waals surface area (Å²) in [5.41, 5.74) is 2.97. The summed E-state index contributed by atoms with van der Waals surface area (Å²) in [6.07, 6.45) is -0.717. The van der Waals surface area contributed by atoms with Gasteiger partial charge in [0.25, 0.3) is 11.8 Å². The molecule has 2 aromatic rings. The van der Waals surface area contributed by atoms with Gasteiger partial charge in [-0.3, -0.25) is 19.2 Å². The largest absolute Gasteiger partial charge is 0.398 e. The van der Waals surface area contributed by atoms with E-state index in [1.54, 1.807) is 24.3 Å². The van der Waals surface area contributed by atoms with Gasteiger partial charge in [0.1, 0.15) is 30.8 Å². The number of rotatable bonds is 7. The number of hydroxylamine groups is 1. The molecule has 1 saturated heterocycles. The Labute approximate surface area is 174 Å². The number of carbonyl (C=O) groups is 3. The fourth-order valence-corrected chi connectivity index (χ4v) is 3.31. The lowest BCUT2D eigenvalue weighted by molar-refractivity contribution is -0.127. The van der Waals surface area contributed by atoms with Crippen LogP contribution < -0.4 is 16.1 Å². The van der Waals surface area contributed by atoms with Gasteiger partial charge in [-0.15, -0.1) is 22.9 Å². The van der Waals surface area contributed by atoms with Crippen molar-refractivity contribution in [2.24, 2.45) is 5.16 Å². The van der Waals surface area contributed by atoms with E-state index < -0.39 is 29.9 Å². The minimum absolute atomic E-state index is 0.162. The minimum atomic E-state index is -0.985. The molecule has 3 N–H and O–H groups in total. The number of amides is 3. The lowest BCUT2D eigenvalue weighted by Crippen LogP contribution is -2.46. The van der Waals surface area contributed by atoms with Crippen LogP contribution in [0.4, 0.5) is 5.13 Å². The first-order valence-electron chi connectivity index (χ1n) is 8.27. The maximum Gasteiger partial charge on any atom is 0.276 e. The molecule has 1 aliphatic heterocycles. The molecule has 0 spiro atoms. The first kappa shape index (κ1) is 20.7. The summed E-state index contributed by atoms with van der Waals surface area (Å²) in [7, 11) is 1.27. The number of carbonyl (C=O) groups excluding carboxylic acids is 3. The summed E-state index contributed by atoms with van der Waals surface area (Å²) in [6, 6.07) is 7.99. The van der Waals surface area contributed by atoms with E-state index >= 15 is 0 Å². The Morgan fingerprint density at radius 1 is 1.38 bits per heavy atom. The molecule has 2 unspecified atom stereocenters. The van der Waals surface area contributed by atoms with E-state index in [9.17, 15) is 14.4 Å². The van der Waals surface area contributed by atoms with Gasteiger partial charge >= 0.3 is 0 Å². The summed E-state index contributed by atoms with van der Waals surface area (Å²) in [6.45, 7) is 0. The van der Waals surface area contributed by atoms with Crippen molar-refractivity contribution in [2.45, 2.75) is 12.1 Å². The Balaban J connectivity index is 1.78. The standard InChI is InChI=1S/C17H16ClN5O5S/c1-27-22-12(10-8-29-17(19-10)20-11(24)7-18)15(25)21-13-14(28-23-16(13)26)9-5-3-2-4-6-9/h2-6,8,13-14H,7H2,1H3,(H,21,25)(H,23,26)(H,19,20,24)/b22-12-. The molecule has 3 amide bonds. The fourth-order valence-electron chi connectivity index (χ4n) is 2.53. The molecule has 0 saturated carbocycles. The topological polar surface area (TPSA) is 131 Å². The molecule has 10 nitrogen and oxygen atoms in total. The molecule has 2 atom stereocenters. The van der Waals surface area contributed by atoms with Crippen LogP contribution >= 0.6 is 22.9 Å². The molecular formula is C17H16ClN5O5S. The van der Waals surface area contributed by atoms with E-state index in [1.165, 1.54) is 12.5 Å². The number of thiazole rings is 1. The van der Waals surface area contributed by atoms with E-state index in [0.29, 0.717) is 5.56 Å². The van der Waals surface area contributed by atoms with E-state index in [-0.39, 0.29) is 22.4 Å². The Morgan fingerprint density at radius 2 is 2.14 bits per heavy atom. The van der Waals surface area contributed by atoms with Gasteiger partial charge in [-0.05, 0) is 5.56 Å². The van der Waals surface area contributed by atoms with E-state index in [1.807, 2.05) is 6.07 Å². The average molecular weight is 438 g/mol. The van der Waals surface area contributed by atoms with Crippen molar-refractivity contribution in [1.82, 2.24) is 15.8 Å². The zero-order valence-electron chi connectivity index (χ0n) is 15.0. The number of nitrogens with one attached hydrogen (secondary N) is 3. The number of hydrogen-bond acceptors (Lipinski definition) is 8. The number of halogens is 1. The molecule has 0 aliphatic carbocycles. The second-order valence-corrected chi connectivity index (χ2v) is 6.83. The summed E-state index contributed by atoms with van der Waals surface area (Å²) < 4.78 is 0. The highest BCUT2D eigenvalue weighted by molar-refractivity contribution is 7.14. The van der Waals surface area contributed by atoms with Crippen LogP contribution in [-0.4, -0.2) is 47.4 Å². The van der Waals surface area contributed by atoms with Gasteiger partial charge in [0.05, 0.1) is 0 Å². The monoisotopic (exact) mass is 437 g/mol. The van der Waals surface area contributed by atoms with Crippen LogP contribution in [0.3, 0.4) is 0 Å². The molecule has 1 aliphatic rings. The fraction of sp³-hybridized carbons (Fsp3) is 0.235. The maximum absolute atomic E-state index is 12.8. The Kier molecular flexibility index (Phi) is 6.75. The Bertz CT molecular complexity index is 935. The number of hydrogen-bond donors (Lipinski definition) is 3. The third kappa shape index (κ3) is 4.88. The van der Waals surface area contributed by atoms with E-state index in [0.717, 1.165) is 11.3 Å². The van der Waals surface area contributed by atoms with Crippen molar-refractivity contribution in [3.8, 4) is 0 Å². The van der Waals surface area contributed by atoms with Crippen molar-refractivity contribution < 1.29 is 24.1 Å². The number of nitrogens with zero attached hydrogens (tertiary/aromatic N) is 2. The lowest BCUT2D eigenvalue weighted by Gasteiger charge is -2.17. The molecular weight excluding hydrogens is 422 g/mol. The molecule has 1 aromatic heterocycles. The van der Waals surface area contributed by atoms with Crippen LogP contribution in [0.2, 0.25) is 0 Å². The molecule has 1 fully saturated rings. The van der Waals surface area contributed by atoms with Crippen LogP contribution in [0.5, 0.6) is 0 Å². The maximum atomic E-state index is 12.8. The second-order valence-electron chi connectivity index (χ2n) is 5.71. The molecule has 0 bridgehead atoms. The SMILES string of the molecule is CO/N=C(\C(=O)NC1C(=O)NOC1c1ccccc1)c1csc(NC(=O)CCl)n1. The highest BCUT2D eigenvalue weighted by atomic mass is 35.5. The van der Waals surface area contributed by atoms with Crippen LogP contribution in [0.15, 0.2) is 40.9 Å². The summed E-state index contributed by atoms with van der Waals surface area (Å²) >= 11 is 6.54. The molecule has 29 heavy (non-hydrogen) atoms. The first-order chi connectivity index (χ1) is 14.0. The third-order valence-corrected chi connectivity index (χ3v) is 4.80.